The summed E-state index contributed by atoms with van der Waals surface area (Å²) in [4.78, 5) is 16.1. The van der Waals surface area contributed by atoms with Crippen LogP contribution < -0.4 is 5.32 Å². The first-order valence-corrected chi connectivity index (χ1v) is 6.76. The maximum Gasteiger partial charge on any atom is 0.251 e. The molecule has 1 amide bonds. The standard InChI is InChI=1S/C17H14N2O3/c20-14-7-12-1-2-13(8-15(12)16(21)9-14)17(22)19-10-11-3-5-18-6-4-11/h1-9,20-21H,10H2,(H,19,22). The van der Waals surface area contributed by atoms with Crippen LogP contribution >= 0.6 is 0 Å². The van der Waals surface area contributed by atoms with E-state index >= 15 is 0 Å². The summed E-state index contributed by atoms with van der Waals surface area (Å²) in [5, 5.41) is 23.3. The number of carbonyl (C=O) groups is 1. The van der Waals surface area contributed by atoms with Gasteiger partial charge in [0, 0.05) is 36.0 Å². The Bertz CT molecular complexity index is 832. The summed E-state index contributed by atoms with van der Waals surface area (Å²) in [6, 6.07) is 11.4. The molecule has 3 N–H and O–H groups in total. The van der Waals surface area contributed by atoms with Gasteiger partial charge in [-0.25, -0.2) is 0 Å². The fourth-order valence-corrected chi connectivity index (χ4v) is 2.25. The minimum atomic E-state index is -0.230. The zero-order chi connectivity index (χ0) is 15.5. The van der Waals surface area contributed by atoms with Gasteiger partial charge in [-0.15, -0.1) is 0 Å². The smallest absolute Gasteiger partial charge is 0.251 e. The van der Waals surface area contributed by atoms with Gasteiger partial charge in [-0.2, -0.15) is 0 Å². The number of nitrogens with one attached hydrogen (secondary N) is 1. The Kier molecular flexibility index (Phi) is 3.62. The van der Waals surface area contributed by atoms with Crippen LogP contribution in [0.4, 0.5) is 0 Å². The number of aromatic hydroxyl groups is 2. The van der Waals surface area contributed by atoms with Crippen LogP contribution in [-0.4, -0.2) is 21.1 Å². The summed E-state index contributed by atoms with van der Waals surface area (Å²) >= 11 is 0. The molecule has 5 heteroatoms. The van der Waals surface area contributed by atoms with Crippen LogP contribution in [0, 0.1) is 0 Å². The molecule has 1 heterocycles. The molecule has 0 saturated heterocycles. The lowest BCUT2D eigenvalue weighted by Gasteiger charge is -2.07. The second-order valence-electron chi connectivity index (χ2n) is 4.94. The molecule has 1 aromatic heterocycles. The van der Waals surface area contributed by atoms with Crippen molar-refractivity contribution in [1.82, 2.24) is 10.3 Å². The Hall–Kier alpha value is -3.08. The SMILES string of the molecule is O=C(NCc1ccncc1)c1ccc2cc(O)cc(O)c2c1. The molecule has 2 aromatic carbocycles. The van der Waals surface area contributed by atoms with E-state index in [9.17, 15) is 15.0 Å². The fourth-order valence-electron chi connectivity index (χ4n) is 2.25. The third kappa shape index (κ3) is 2.83. The zero-order valence-electron chi connectivity index (χ0n) is 11.7. The molecule has 0 aliphatic rings. The van der Waals surface area contributed by atoms with Crippen molar-refractivity contribution >= 4 is 16.7 Å². The Morgan fingerprint density at radius 3 is 2.59 bits per heavy atom. The average Bonchev–Trinajstić information content (AvgIpc) is 2.53. The average molecular weight is 294 g/mol. The van der Waals surface area contributed by atoms with Gasteiger partial charge in [0.1, 0.15) is 11.5 Å². The summed E-state index contributed by atoms with van der Waals surface area (Å²) in [6.07, 6.45) is 3.34. The molecule has 22 heavy (non-hydrogen) atoms. The first-order valence-electron chi connectivity index (χ1n) is 6.76. The molecule has 3 rings (SSSR count). The van der Waals surface area contributed by atoms with E-state index in [1.54, 1.807) is 30.6 Å². The number of hydrogen-bond acceptors (Lipinski definition) is 4. The van der Waals surface area contributed by atoms with Gasteiger partial charge in [-0.3, -0.25) is 9.78 Å². The number of carbonyl (C=O) groups excluding carboxylic acids is 1. The molecule has 0 unspecified atom stereocenters. The van der Waals surface area contributed by atoms with E-state index in [2.05, 4.69) is 10.3 Å². The van der Waals surface area contributed by atoms with Crippen molar-refractivity contribution in [3.63, 3.8) is 0 Å². The Morgan fingerprint density at radius 1 is 1.05 bits per heavy atom. The van der Waals surface area contributed by atoms with Gasteiger partial charge in [0.2, 0.25) is 0 Å². The lowest BCUT2D eigenvalue weighted by molar-refractivity contribution is 0.0951. The van der Waals surface area contributed by atoms with Crippen LogP contribution in [0.5, 0.6) is 11.5 Å². The first kappa shape index (κ1) is 13.9. The number of phenolic OH excluding ortho intramolecular Hbond substituents is 2. The number of fused-ring (bicyclic) bond motifs is 1. The number of aromatic nitrogens is 1. The topological polar surface area (TPSA) is 82.5 Å². The Morgan fingerprint density at radius 2 is 1.82 bits per heavy atom. The van der Waals surface area contributed by atoms with Crippen LogP contribution in [0.25, 0.3) is 10.8 Å². The van der Waals surface area contributed by atoms with Crippen LogP contribution in [0.3, 0.4) is 0 Å². The Labute approximate surface area is 126 Å². The van der Waals surface area contributed by atoms with Gasteiger partial charge >= 0.3 is 0 Å². The van der Waals surface area contributed by atoms with E-state index in [1.165, 1.54) is 12.1 Å². The summed E-state index contributed by atoms with van der Waals surface area (Å²) in [5.41, 5.74) is 1.40. The quantitative estimate of drug-likeness (QED) is 0.693. The number of hydrogen-bond donors (Lipinski definition) is 3. The second kappa shape index (κ2) is 5.73. The highest BCUT2D eigenvalue weighted by atomic mass is 16.3. The van der Waals surface area contributed by atoms with Crippen LogP contribution in [-0.2, 0) is 6.54 Å². The Balaban J connectivity index is 1.82. The predicted molar refractivity (Wildman–Crippen MR) is 82.7 cm³/mol. The maximum atomic E-state index is 12.2. The number of phenols is 2. The van der Waals surface area contributed by atoms with Gasteiger partial charge < -0.3 is 15.5 Å². The summed E-state index contributed by atoms with van der Waals surface area (Å²) in [5.74, 6) is -0.301. The molecule has 0 bridgehead atoms. The van der Waals surface area contributed by atoms with E-state index in [-0.39, 0.29) is 17.4 Å². The third-order valence-corrected chi connectivity index (χ3v) is 3.38. The number of pyridine rings is 1. The number of nitrogens with zero attached hydrogens (tertiary/aromatic N) is 1. The molecule has 0 fully saturated rings. The molecular weight excluding hydrogens is 280 g/mol. The van der Waals surface area contributed by atoms with Crippen molar-refractivity contribution in [3.8, 4) is 11.5 Å². The molecule has 0 atom stereocenters. The van der Waals surface area contributed by atoms with Crippen molar-refractivity contribution in [3.05, 3.63) is 66.0 Å². The monoisotopic (exact) mass is 294 g/mol. The highest BCUT2D eigenvalue weighted by molar-refractivity contribution is 6.00. The largest absolute Gasteiger partial charge is 0.508 e. The van der Waals surface area contributed by atoms with Gasteiger partial charge in [0.15, 0.2) is 0 Å². The third-order valence-electron chi connectivity index (χ3n) is 3.38. The van der Waals surface area contributed by atoms with Crippen molar-refractivity contribution in [2.75, 3.05) is 0 Å². The fraction of sp³-hybridized carbons (Fsp3) is 0.0588. The van der Waals surface area contributed by atoms with E-state index < -0.39 is 0 Å². The second-order valence-corrected chi connectivity index (χ2v) is 4.94. The van der Waals surface area contributed by atoms with Crippen LogP contribution in [0.1, 0.15) is 15.9 Å². The molecular formula is C17H14N2O3. The minimum Gasteiger partial charge on any atom is -0.508 e. The van der Waals surface area contributed by atoms with Crippen molar-refractivity contribution in [2.45, 2.75) is 6.54 Å². The molecule has 110 valence electrons. The highest BCUT2D eigenvalue weighted by Crippen LogP contribution is 2.30. The molecule has 0 aliphatic carbocycles. The number of benzene rings is 2. The highest BCUT2D eigenvalue weighted by Gasteiger charge is 2.09. The van der Waals surface area contributed by atoms with Crippen molar-refractivity contribution in [1.29, 1.82) is 0 Å². The van der Waals surface area contributed by atoms with Crippen molar-refractivity contribution in [2.24, 2.45) is 0 Å². The summed E-state index contributed by atoms with van der Waals surface area (Å²) < 4.78 is 0. The normalized spacial score (nSPS) is 10.5. The minimum absolute atomic E-state index is 0.0140. The van der Waals surface area contributed by atoms with Crippen LogP contribution in [0.2, 0.25) is 0 Å². The predicted octanol–water partition coefficient (Wildman–Crippen LogP) is 2.58. The lowest BCUT2D eigenvalue weighted by Crippen LogP contribution is -2.22. The lowest BCUT2D eigenvalue weighted by atomic mass is 10.1. The number of amides is 1. The van der Waals surface area contributed by atoms with Gasteiger partial charge in [-0.05, 0) is 41.3 Å². The van der Waals surface area contributed by atoms with E-state index in [4.69, 9.17) is 0 Å². The molecule has 5 nitrogen and oxygen atoms in total. The molecule has 3 aromatic rings. The molecule has 0 aliphatic heterocycles. The van der Waals surface area contributed by atoms with E-state index in [1.807, 2.05) is 12.1 Å². The van der Waals surface area contributed by atoms with Crippen LogP contribution in [0.15, 0.2) is 54.9 Å². The first-order chi connectivity index (χ1) is 10.6. The molecule has 0 radical (unpaired) electrons. The van der Waals surface area contributed by atoms with Gasteiger partial charge in [-0.1, -0.05) is 6.07 Å². The van der Waals surface area contributed by atoms with Gasteiger partial charge in [0.25, 0.3) is 5.91 Å². The zero-order valence-corrected chi connectivity index (χ0v) is 11.7. The van der Waals surface area contributed by atoms with E-state index in [0.29, 0.717) is 22.9 Å². The molecule has 0 spiro atoms. The van der Waals surface area contributed by atoms with Gasteiger partial charge in [0.05, 0.1) is 0 Å². The molecule has 0 saturated carbocycles. The maximum absolute atomic E-state index is 12.2. The summed E-state index contributed by atoms with van der Waals surface area (Å²) in [7, 11) is 0. The summed E-state index contributed by atoms with van der Waals surface area (Å²) in [6.45, 7) is 0.404. The number of rotatable bonds is 3. The van der Waals surface area contributed by atoms with E-state index in [0.717, 1.165) is 5.56 Å². The van der Waals surface area contributed by atoms with Crippen molar-refractivity contribution < 1.29 is 15.0 Å².